The standard InChI is InChI=1S/C11H10ClF2N3O/c12-7-3-1-2-6(4-7)11(18)17-8(5-15)9(16)10(13)14/h1-5,10,15H,16H2,(H,17,18)/b9-8+,15-5?. The van der Waals surface area contributed by atoms with E-state index in [1.165, 1.54) is 12.1 Å². The van der Waals surface area contributed by atoms with Crippen molar-refractivity contribution < 1.29 is 13.6 Å². The van der Waals surface area contributed by atoms with Crippen LogP contribution in [0.5, 0.6) is 0 Å². The molecule has 0 aliphatic rings. The lowest BCUT2D eigenvalue weighted by atomic mass is 10.2. The van der Waals surface area contributed by atoms with Gasteiger partial charge in [0.05, 0.1) is 5.70 Å². The van der Waals surface area contributed by atoms with Crippen molar-refractivity contribution in [3.63, 3.8) is 0 Å². The maximum atomic E-state index is 12.3. The number of carbonyl (C=O) groups is 1. The van der Waals surface area contributed by atoms with Crippen LogP contribution in [0.2, 0.25) is 5.02 Å². The van der Waals surface area contributed by atoms with Crippen LogP contribution in [-0.4, -0.2) is 18.5 Å². The molecule has 1 aromatic rings. The van der Waals surface area contributed by atoms with Crippen molar-refractivity contribution in [3.8, 4) is 0 Å². The second kappa shape index (κ2) is 6.11. The summed E-state index contributed by atoms with van der Waals surface area (Å²) in [6, 6.07) is 5.94. The second-order valence-electron chi connectivity index (χ2n) is 3.28. The molecule has 18 heavy (non-hydrogen) atoms. The van der Waals surface area contributed by atoms with Gasteiger partial charge in [0, 0.05) is 16.8 Å². The number of alkyl halides is 2. The van der Waals surface area contributed by atoms with Crippen molar-refractivity contribution >= 4 is 23.7 Å². The Morgan fingerprint density at radius 3 is 2.67 bits per heavy atom. The first-order chi connectivity index (χ1) is 8.45. The molecule has 0 saturated carbocycles. The normalized spacial score (nSPS) is 12.0. The summed E-state index contributed by atoms with van der Waals surface area (Å²) >= 11 is 5.69. The van der Waals surface area contributed by atoms with Gasteiger partial charge in [-0.25, -0.2) is 8.78 Å². The van der Waals surface area contributed by atoms with Gasteiger partial charge < -0.3 is 16.5 Å². The SMILES string of the molecule is N=C/C(NC(=O)c1cccc(Cl)c1)=C(\N)C(F)F. The highest BCUT2D eigenvalue weighted by atomic mass is 35.5. The summed E-state index contributed by atoms with van der Waals surface area (Å²) in [5.74, 6) is -0.667. The molecule has 0 bridgehead atoms. The van der Waals surface area contributed by atoms with Crippen molar-refractivity contribution in [3.05, 3.63) is 46.2 Å². The molecule has 0 unspecified atom stereocenters. The first-order valence-electron chi connectivity index (χ1n) is 4.81. The Bertz CT molecular complexity index is 503. The summed E-state index contributed by atoms with van der Waals surface area (Å²) < 4.78 is 24.6. The third kappa shape index (κ3) is 3.53. The molecule has 7 heteroatoms. The van der Waals surface area contributed by atoms with Gasteiger partial charge >= 0.3 is 0 Å². The van der Waals surface area contributed by atoms with Gasteiger partial charge in [0.2, 0.25) is 0 Å². The number of amides is 1. The first kappa shape index (κ1) is 14.1. The zero-order valence-corrected chi connectivity index (χ0v) is 9.84. The highest BCUT2D eigenvalue weighted by molar-refractivity contribution is 6.31. The second-order valence-corrected chi connectivity index (χ2v) is 3.71. The summed E-state index contributed by atoms with van der Waals surface area (Å²) in [4.78, 5) is 11.7. The third-order valence-electron chi connectivity index (χ3n) is 2.03. The van der Waals surface area contributed by atoms with E-state index in [1.807, 2.05) is 0 Å². The van der Waals surface area contributed by atoms with Gasteiger partial charge in [-0.3, -0.25) is 4.79 Å². The first-order valence-corrected chi connectivity index (χ1v) is 5.18. The predicted molar refractivity (Wildman–Crippen MR) is 64.9 cm³/mol. The summed E-state index contributed by atoms with van der Waals surface area (Å²) in [6.45, 7) is 0. The Labute approximate surface area is 107 Å². The summed E-state index contributed by atoms with van der Waals surface area (Å²) in [6.07, 6.45) is -2.38. The maximum absolute atomic E-state index is 12.3. The van der Waals surface area contributed by atoms with Crippen molar-refractivity contribution in [1.29, 1.82) is 5.41 Å². The van der Waals surface area contributed by atoms with Crippen LogP contribution in [0.15, 0.2) is 35.7 Å². The molecule has 1 amide bonds. The van der Waals surface area contributed by atoms with E-state index in [4.69, 9.17) is 22.7 Å². The fourth-order valence-electron chi connectivity index (χ4n) is 1.13. The molecule has 96 valence electrons. The van der Waals surface area contributed by atoms with Crippen LogP contribution in [0.3, 0.4) is 0 Å². The van der Waals surface area contributed by atoms with Crippen molar-refractivity contribution in [2.45, 2.75) is 6.43 Å². The molecule has 0 radical (unpaired) electrons. The van der Waals surface area contributed by atoms with Gasteiger partial charge in [0.1, 0.15) is 5.70 Å². The van der Waals surface area contributed by atoms with Crippen LogP contribution >= 0.6 is 11.6 Å². The van der Waals surface area contributed by atoms with Crippen LogP contribution in [-0.2, 0) is 0 Å². The number of allylic oxidation sites excluding steroid dienone is 2. The lowest BCUT2D eigenvalue weighted by Gasteiger charge is -2.09. The number of hydrogen-bond donors (Lipinski definition) is 3. The summed E-state index contributed by atoms with van der Waals surface area (Å²) in [5.41, 5.74) is 3.95. The number of hydrogen-bond acceptors (Lipinski definition) is 3. The van der Waals surface area contributed by atoms with E-state index in [0.717, 1.165) is 0 Å². The molecular formula is C11H10ClF2N3O. The average molecular weight is 274 g/mol. The highest BCUT2D eigenvalue weighted by Crippen LogP contribution is 2.11. The van der Waals surface area contributed by atoms with E-state index < -0.39 is 23.7 Å². The van der Waals surface area contributed by atoms with E-state index >= 15 is 0 Å². The van der Waals surface area contributed by atoms with Gasteiger partial charge in [-0.15, -0.1) is 0 Å². The maximum Gasteiger partial charge on any atom is 0.279 e. The topological polar surface area (TPSA) is 79.0 Å². The zero-order valence-electron chi connectivity index (χ0n) is 9.08. The molecule has 0 heterocycles. The molecular weight excluding hydrogens is 264 g/mol. The van der Waals surface area contributed by atoms with Gasteiger partial charge in [-0.05, 0) is 18.2 Å². The smallest absolute Gasteiger partial charge is 0.279 e. The van der Waals surface area contributed by atoms with E-state index in [1.54, 1.807) is 12.1 Å². The fraction of sp³-hybridized carbons (Fsp3) is 0.0909. The highest BCUT2D eigenvalue weighted by Gasteiger charge is 2.15. The van der Waals surface area contributed by atoms with Gasteiger partial charge in [-0.2, -0.15) is 0 Å². The molecule has 0 saturated heterocycles. The van der Waals surface area contributed by atoms with E-state index in [2.05, 4.69) is 5.32 Å². The Hall–Kier alpha value is -1.95. The fourth-order valence-corrected chi connectivity index (χ4v) is 1.32. The number of halogens is 3. The predicted octanol–water partition coefficient (Wildman–Crippen LogP) is 2.15. The van der Waals surface area contributed by atoms with E-state index in [0.29, 0.717) is 11.2 Å². The molecule has 0 aromatic heterocycles. The minimum absolute atomic E-state index is 0.184. The molecule has 0 aliphatic heterocycles. The van der Waals surface area contributed by atoms with Crippen LogP contribution < -0.4 is 11.1 Å². The van der Waals surface area contributed by atoms with Crippen molar-refractivity contribution in [2.24, 2.45) is 5.73 Å². The Morgan fingerprint density at radius 2 is 2.17 bits per heavy atom. The third-order valence-corrected chi connectivity index (χ3v) is 2.26. The van der Waals surface area contributed by atoms with Gasteiger partial charge in [-0.1, -0.05) is 17.7 Å². The van der Waals surface area contributed by atoms with Gasteiger partial charge in [0.25, 0.3) is 12.3 Å². The number of benzene rings is 1. The lowest BCUT2D eigenvalue weighted by Crippen LogP contribution is -2.28. The summed E-state index contributed by atoms with van der Waals surface area (Å²) in [5, 5.41) is 9.41. The van der Waals surface area contributed by atoms with Crippen LogP contribution in [0, 0.1) is 5.41 Å². The number of nitrogens with one attached hydrogen (secondary N) is 2. The quantitative estimate of drug-likeness (QED) is 0.735. The van der Waals surface area contributed by atoms with Crippen molar-refractivity contribution in [1.82, 2.24) is 5.32 Å². The van der Waals surface area contributed by atoms with Crippen LogP contribution in [0.1, 0.15) is 10.4 Å². The molecule has 1 rings (SSSR count). The molecule has 4 N–H and O–H groups in total. The van der Waals surface area contributed by atoms with Gasteiger partial charge in [0.15, 0.2) is 0 Å². The number of nitrogens with two attached hydrogens (primary N) is 1. The zero-order chi connectivity index (χ0) is 13.7. The molecule has 1 aromatic carbocycles. The van der Waals surface area contributed by atoms with E-state index in [9.17, 15) is 13.6 Å². The monoisotopic (exact) mass is 273 g/mol. The molecule has 4 nitrogen and oxygen atoms in total. The largest absolute Gasteiger partial charge is 0.396 e. The lowest BCUT2D eigenvalue weighted by molar-refractivity contribution is 0.0966. The number of rotatable bonds is 4. The molecule has 0 spiro atoms. The Morgan fingerprint density at radius 1 is 1.50 bits per heavy atom. The summed E-state index contributed by atoms with van der Waals surface area (Å²) in [7, 11) is 0. The average Bonchev–Trinajstić information content (AvgIpc) is 2.34. The number of carbonyl (C=O) groups excluding carboxylic acids is 1. The van der Waals surface area contributed by atoms with Crippen molar-refractivity contribution in [2.75, 3.05) is 0 Å². The van der Waals surface area contributed by atoms with Crippen LogP contribution in [0.25, 0.3) is 0 Å². The minimum atomic E-state index is -2.94. The molecule has 0 fully saturated rings. The Balaban J connectivity index is 2.94. The minimum Gasteiger partial charge on any atom is -0.396 e. The van der Waals surface area contributed by atoms with Crippen LogP contribution in [0.4, 0.5) is 8.78 Å². The van der Waals surface area contributed by atoms with E-state index in [-0.39, 0.29) is 5.56 Å². The Kier molecular flexibility index (Phi) is 4.79. The molecule has 0 aliphatic carbocycles. The molecule has 0 atom stereocenters.